The van der Waals surface area contributed by atoms with Crippen molar-refractivity contribution < 1.29 is 27.5 Å². The van der Waals surface area contributed by atoms with Crippen molar-refractivity contribution in [3.8, 4) is 11.5 Å². The Morgan fingerprint density at radius 2 is 2.06 bits per heavy atom. The second-order valence-corrected chi connectivity index (χ2v) is 9.72. The van der Waals surface area contributed by atoms with Crippen molar-refractivity contribution >= 4 is 39.1 Å². The lowest BCUT2D eigenvalue weighted by atomic mass is 10.2. The first-order valence-corrected chi connectivity index (χ1v) is 11.8. The van der Waals surface area contributed by atoms with Crippen molar-refractivity contribution in [2.45, 2.75) is 30.3 Å². The van der Waals surface area contributed by atoms with E-state index < -0.39 is 16.1 Å². The van der Waals surface area contributed by atoms with Gasteiger partial charge in [-0.15, -0.1) is 0 Å². The lowest BCUT2D eigenvalue weighted by molar-refractivity contribution is -0.124. The predicted molar refractivity (Wildman–Crippen MR) is 117 cm³/mol. The summed E-state index contributed by atoms with van der Waals surface area (Å²) in [5.41, 5.74) is 1.17. The number of fused-ring (bicyclic) bond motifs is 1. The second kappa shape index (κ2) is 8.97. The topological polar surface area (TPSA) is 114 Å². The van der Waals surface area contributed by atoms with E-state index in [9.17, 15) is 18.0 Å². The van der Waals surface area contributed by atoms with Crippen molar-refractivity contribution in [1.82, 2.24) is 9.62 Å². The van der Waals surface area contributed by atoms with Gasteiger partial charge in [-0.3, -0.25) is 9.59 Å². The standard InChI is InChI=1S/C21H22ClN3O6S/c1-30-14-6-4-13(5-7-14)11-23-21(27)17-3-2-8-25(17)32(28,29)19-10-18-16(9-15(19)22)24-20(26)12-31-18/h4-7,9-10,17H,2-3,8,11-12H2,1H3,(H,23,27)(H,24,26)/t17-/m0/s1. The van der Waals surface area contributed by atoms with Crippen LogP contribution < -0.4 is 20.1 Å². The van der Waals surface area contributed by atoms with Crippen molar-refractivity contribution in [1.29, 1.82) is 0 Å². The zero-order chi connectivity index (χ0) is 22.9. The SMILES string of the molecule is COc1ccc(CNC(=O)[C@@H]2CCCN2S(=O)(=O)c2cc3c(cc2Cl)NC(=O)CO3)cc1. The molecule has 4 rings (SSSR count). The summed E-state index contributed by atoms with van der Waals surface area (Å²) >= 11 is 6.24. The van der Waals surface area contributed by atoms with E-state index in [1.807, 2.05) is 12.1 Å². The number of nitrogens with one attached hydrogen (secondary N) is 2. The number of carbonyl (C=O) groups is 2. The summed E-state index contributed by atoms with van der Waals surface area (Å²) in [7, 11) is -2.50. The summed E-state index contributed by atoms with van der Waals surface area (Å²) in [6.45, 7) is 0.253. The van der Waals surface area contributed by atoms with E-state index in [1.165, 1.54) is 16.4 Å². The first-order chi connectivity index (χ1) is 15.3. The smallest absolute Gasteiger partial charge is 0.262 e. The number of rotatable bonds is 6. The molecule has 0 spiro atoms. The van der Waals surface area contributed by atoms with Crippen molar-refractivity contribution in [3.05, 3.63) is 47.0 Å². The molecule has 9 nitrogen and oxygen atoms in total. The van der Waals surface area contributed by atoms with Crippen LogP contribution in [0.2, 0.25) is 5.02 Å². The van der Waals surface area contributed by atoms with Crippen LogP contribution in [0.1, 0.15) is 18.4 Å². The van der Waals surface area contributed by atoms with Gasteiger partial charge in [0.25, 0.3) is 5.91 Å². The van der Waals surface area contributed by atoms with Gasteiger partial charge in [0, 0.05) is 19.2 Å². The molecular weight excluding hydrogens is 458 g/mol. The molecule has 2 aromatic rings. The zero-order valence-corrected chi connectivity index (χ0v) is 18.8. The lowest BCUT2D eigenvalue weighted by Gasteiger charge is -2.25. The van der Waals surface area contributed by atoms with E-state index in [1.54, 1.807) is 19.2 Å². The van der Waals surface area contributed by atoms with Crippen LogP contribution in [0.25, 0.3) is 0 Å². The van der Waals surface area contributed by atoms with Crippen molar-refractivity contribution in [2.24, 2.45) is 0 Å². The highest BCUT2D eigenvalue weighted by atomic mass is 35.5. The molecule has 2 N–H and O–H groups in total. The molecule has 0 bridgehead atoms. The Morgan fingerprint density at radius 3 is 2.78 bits per heavy atom. The highest BCUT2D eigenvalue weighted by Crippen LogP contribution is 2.38. The van der Waals surface area contributed by atoms with E-state index >= 15 is 0 Å². The molecule has 0 saturated carbocycles. The summed E-state index contributed by atoms with van der Waals surface area (Å²) in [4.78, 5) is 24.2. The molecule has 0 aliphatic carbocycles. The first-order valence-electron chi connectivity index (χ1n) is 9.98. The molecule has 1 atom stereocenters. The van der Waals surface area contributed by atoms with E-state index in [0.29, 0.717) is 24.3 Å². The molecule has 2 aromatic carbocycles. The molecule has 32 heavy (non-hydrogen) atoms. The van der Waals surface area contributed by atoms with Crippen LogP contribution in [-0.4, -0.2) is 50.8 Å². The fraction of sp³-hybridized carbons (Fsp3) is 0.333. The highest BCUT2D eigenvalue weighted by molar-refractivity contribution is 7.89. The number of hydrogen-bond acceptors (Lipinski definition) is 6. The minimum absolute atomic E-state index is 0.0566. The number of ether oxygens (including phenoxy) is 2. The third kappa shape index (κ3) is 4.38. The Morgan fingerprint density at radius 1 is 1.31 bits per heavy atom. The zero-order valence-electron chi connectivity index (χ0n) is 17.3. The Labute approximate surface area is 190 Å². The summed E-state index contributed by atoms with van der Waals surface area (Å²) in [6.07, 6.45) is 0.956. The third-order valence-electron chi connectivity index (χ3n) is 5.39. The maximum absolute atomic E-state index is 13.4. The molecule has 0 unspecified atom stereocenters. The number of methoxy groups -OCH3 is 1. The van der Waals surface area contributed by atoms with E-state index in [4.69, 9.17) is 21.1 Å². The third-order valence-corrected chi connectivity index (χ3v) is 7.76. The van der Waals surface area contributed by atoms with Gasteiger partial charge in [0.2, 0.25) is 15.9 Å². The number of amides is 2. The number of halogens is 1. The number of carbonyl (C=O) groups excluding carboxylic acids is 2. The summed E-state index contributed by atoms with van der Waals surface area (Å²) in [6, 6.07) is 9.02. The molecule has 2 aliphatic heterocycles. The molecular formula is C21H22ClN3O6S. The monoisotopic (exact) mass is 479 g/mol. The number of nitrogens with zero attached hydrogens (tertiary/aromatic N) is 1. The first kappa shape index (κ1) is 22.4. The molecule has 0 radical (unpaired) electrons. The number of anilines is 1. The molecule has 1 fully saturated rings. The number of benzene rings is 2. The van der Waals surface area contributed by atoms with Crippen LogP contribution in [0.15, 0.2) is 41.3 Å². The van der Waals surface area contributed by atoms with E-state index in [-0.39, 0.29) is 47.2 Å². The average Bonchev–Trinajstić information content (AvgIpc) is 3.28. The molecule has 0 aromatic heterocycles. The van der Waals surface area contributed by atoms with Gasteiger partial charge in [-0.05, 0) is 36.6 Å². The van der Waals surface area contributed by atoms with Gasteiger partial charge in [0.1, 0.15) is 22.4 Å². The Kier molecular flexibility index (Phi) is 6.27. The van der Waals surface area contributed by atoms with Crippen molar-refractivity contribution in [3.63, 3.8) is 0 Å². The van der Waals surface area contributed by atoms with Crippen LogP contribution in [0.4, 0.5) is 5.69 Å². The summed E-state index contributed by atoms with van der Waals surface area (Å²) < 4.78 is 38.4. The maximum atomic E-state index is 13.4. The molecule has 2 aliphatic rings. The van der Waals surface area contributed by atoms with Gasteiger partial charge in [-0.1, -0.05) is 23.7 Å². The van der Waals surface area contributed by atoms with Crippen LogP contribution in [0.5, 0.6) is 11.5 Å². The average molecular weight is 480 g/mol. The second-order valence-electron chi connectivity index (χ2n) is 7.46. The molecule has 2 heterocycles. The van der Waals surface area contributed by atoms with E-state index in [2.05, 4.69) is 10.6 Å². The fourth-order valence-corrected chi connectivity index (χ4v) is 5.92. The molecule has 170 valence electrons. The molecule has 1 saturated heterocycles. The summed E-state index contributed by atoms with van der Waals surface area (Å²) in [5.74, 6) is 0.197. The van der Waals surface area contributed by atoms with Gasteiger partial charge < -0.3 is 20.1 Å². The number of hydrogen-bond donors (Lipinski definition) is 2. The van der Waals surface area contributed by atoms with E-state index in [0.717, 1.165) is 5.56 Å². The normalized spacial score (nSPS) is 18.4. The Balaban J connectivity index is 1.51. The van der Waals surface area contributed by atoms with Gasteiger partial charge in [0.15, 0.2) is 6.61 Å². The van der Waals surface area contributed by atoms with Crippen LogP contribution in [-0.2, 0) is 26.2 Å². The predicted octanol–water partition coefficient (Wildman–Crippen LogP) is 2.15. The highest BCUT2D eigenvalue weighted by Gasteiger charge is 2.40. The minimum Gasteiger partial charge on any atom is -0.497 e. The van der Waals surface area contributed by atoms with Gasteiger partial charge >= 0.3 is 0 Å². The quantitative estimate of drug-likeness (QED) is 0.656. The van der Waals surface area contributed by atoms with Gasteiger partial charge in [-0.2, -0.15) is 4.31 Å². The molecule has 11 heteroatoms. The summed E-state index contributed by atoms with van der Waals surface area (Å²) in [5, 5.41) is 5.34. The Bertz CT molecular complexity index is 1150. The molecule has 2 amide bonds. The largest absolute Gasteiger partial charge is 0.497 e. The maximum Gasteiger partial charge on any atom is 0.262 e. The lowest BCUT2D eigenvalue weighted by Crippen LogP contribution is -2.45. The van der Waals surface area contributed by atoms with Crippen LogP contribution in [0.3, 0.4) is 0 Å². The number of sulfonamides is 1. The van der Waals surface area contributed by atoms with Gasteiger partial charge in [0.05, 0.1) is 17.8 Å². The van der Waals surface area contributed by atoms with Crippen molar-refractivity contribution in [2.75, 3.05) is 25.6 Å². The van der Waals surface area contributed by atoms with Gasteiger partial charge in [-0.25, -0.2) is 8.42 Å². The van der Waals surface area contributed by atoms with Crippen LogP contribution >= 0.6 is 11.6 Å². The van der Waals surface area contributed by atoms with Crippen LogP contribution in [0, 0.1) is 0 Å². The minimum atomic E-state index is -4.07. The Hall–Kier alpha value is -2.82. The fourth-order valence-electron chi connectivity index (χ4n) is 3.75.